The van der Waals surface area contributed by atoms with Gasteiger partial charge >= 0.3 is 0 Å². The second-order valence-corrected chi connectivity index (χ2v) is 4.39. The topological polar surface area (TPSA) is 52.1 Å². The molecule has 0 aliphatic heterocycles. The van der Waals surface area contributed by atoms with Crippen molar-refractivity contribution in [2.75, 3.05) is 0 Å². The summed E-state index contributed by atoms with van der Waals surface area (Å²) in [6, 6.07) is 17.7. The van der Waals surface area contributed by atoms with Crippen LogP contribution in [0.1, 0.15) is 10.4 Å². The second kappa shape index (κ2) is 5.96. The van der Waals surface area contributed by atoms with E-state index in [1.54, 1.807) is 0 Å². The van der Waals surface area contributed by atoms with Crippen molar-refractivity contribution in [2.24, 2.45) is 0 Å². The molecule has 0 bridgehead atoms. The number of hydrogen-bond acceptors (Lipinski definition) is 4. The Hall–Kier alpha value is -3.01. The van der Waals surface area contributed by atoms with E-state index in [0.29, 0.717) is 17.6 Å². The molecule has 0 unspecified atom stereocenters. The summed E-state index contributed by atoms with van der Waals surface area (Å²) < 4.78 is 5.61. The van der Waals surface area contributed by atoms with Crippen molar-refractivity contribution in [3.05, 3.63) is 72.7 Å². The highest BCUT2D eigenvalue weighted by Crippen LogP contribution is 2.25. The van der Waals surface area contributed by atoms with Crippen LogP contribution in [0.3, 0.4) is 0 Å². The summed E-state index contributed by atoms with van der Waals surface area (Å²) in [5, 5.41) is 0. The van der Waals surface area contributed by atoms with Gasteiger partial charge in [0, 0.05) is 6.20 Å². The number of hydrogen-bond donors (Lipinski definition) is 0. The summed E-state index contributed by atoms with van der Waals surface area (Å²) in [5.41, 5.74) is 2.56. The van der Waals surface area contributed by atoms with E-state index in [1.165, 1.54) is 12.5 Å². The Morgan fingerprint density at radius 1 is 0.905 bits per heavy atom. The first-order valence-corrected chi connectivity index (χ1v) is 6.45. The molecule has 4 nitrogen and oxygen atoms in total. The van der Waals surface area contributed by atoms with Gasteiger partial charge in [-0.15, -0.1) is 0 Å². The number of aromatic nitrogens is 2. The summed E-state index contributed by atoms with van der Waals surface area (Å²) in [6.07, 6.45) is 3.45. The third-order valence-corrected chi connectivity index (χ3v) is 3.01. The number of benzene rings is 2. The number of aldehydes is 1. The molecule has 21 heavy (non-hydrogen) atoms. The van der Waals surface area contributed by atoms with Crippen molar-refractivity contribution in [1.82, 2.24) is 9.97 Å². The van der Waals surface area contributed by atoms with Crippen LogP contribution in [0, 0.1) is 0 Å². The van der Waals surface area contributed by atoms with E-state index >= 15 is 0 Å². The van der Waals surface area contributed by atoms with Gasteiger partial charge in [-0.2, -0.15) is 0 Å². The zero-order valence-corrected chi connectivity index (χ0v) is 11.1. The van der Waals surface area contributed by atoms with Gasteiger partial charge in [-0.3, -0.25) is 4.79 Å². The van der Waals surface area contributed by atoms with E-state index in [-0.39, 0.29) is 5.88 Å². The molecule has 0 aliphatic carbocycles. The standard InChI is InChI=1S/C17H12N2O2/c20-11-15-10-18-12-19-17(15)21-16-8-6-14(7-9-16)13-4-2-1-3-5-13/h1-12H. The van der Waals surface area contributed by atoms with Crippen molar-refractivity contribution in [1.29, 1.82) is 0 Å². The minimum absolute atomic E-state index is 0.257. The molecule has 0 N–H and O–H groups in total. The molecule has 3 aromatic rings. The molecule has 4 heteroatoms. The first-order valence-electron chi connectivity index (χ1n) is 6.45. The van der Waals surface area contributed by atoms with Gasteiger partial charge < -0.3 is 4.74 Å². The Balaban J connectivity index is 1.83. The molecule has 0 radical (unpaired) electrons. The summed E-state index contributed by atoms with van der Waals surface area (Å²) in [5.74, 6) is 0.879. The van der Waals surface area contributed by atoms with E-state index in [9.17, 15) is 4.79 Å². The molecule has 0 fully saturated rings. The van der Waals surface area contributed by atoms with Gasteiger partial charge in [-0.1, -0.05) is 42.5 Å². The van der Waals surface area contributed by atoms with Gasteiger partial charge in [0.1, 0.15) is 12.1 Å². The quantitative estimate of drug-likeness (QED) is 0.681. The lowest BCUT2D eigenvalue weighted by atomic mass is 10.1. The maximum atomic E-state index is 10.9. The summed E-state index contributed by atoms with van der Waals surface area (Å²) in [4.78, 5) is 18.6. The van der Waals surface area contributed by atoms with Crippen LogP contribution in [-0.2, 0) is 0 Å². The fraction of sp³-hybridized carbons (Fsp3) is 0. The van der Waals surface area contributed by atoms with Crippen LogP contribution in [-0.4, -0.2) is 16.3 Å². The molecule has 2 aromatic carbocycles. The van der Waals surface area contributed by atoms with Gasteiger partial charge in [0.25, 0.3) is 0 Å². The van der Waals surface area contributed by atoms with Gasteiger partial charge in [-0.25, -0.2) is 9.97 Å². The lowest BCUT2D eigenvalue weighted by molar-refractivity contribution is 0.112. The lowest BCUT2D eigenvalue weighted by Gasteiger charge is -2.07. The van der Waals surface area contributed by atoms with Crippen LogP contribution in [0.15, 0.2) is 67.1 Å². The van der Waals surface area contributed by atoms with Gasteiger partial charge in [0.2, 0.25) is 5.88 Å². The first kappa shape index (κ1) is 13.0. The first-order chi connectivity index (χ1) is 10.4. The van der Waals surface area contributed by atoms with E-state index in [4.69, 9.17) is 4.74 Å². The zero-order chi connectivity index (χ0) is 14.5. The molecule has 0 spiro atoms. The summed E-state index contributed by atoms with van der Waals surface area (Å²) in [7, 11) is 0. The molecule has 0 amide bonds. The van der Waals surface area contributed by atoms with Crippen LogP contribution in [0.4, 0.5) is 0 Å². The smallest absolute Gasteiger partial charge is 0.232 e. The summed E-state index contributed by atoms with van der Waals surface area (Å²) >= 11 is 0. The highest BCUT2D eigenvalue weighted by molar-refractivity contribution is 5.77. The third kappa shape index (κ3) is 2.95. The minimum Gasteiger partial charge on any atom is -0.438 e. The predicted molar refractivity (Wildman–Crippen MR) is 79.4 cm³/mol. The number of carbonyl (C=O) groups excluding carboxylic acids is 1. The molecule has 0 saturated heterocycles. The Morgan fingerprint density at radius 2 is 1.62 bits per heavy atom. The Morgan fingerprint density at radius 3 is 2.33 bits per heavy atom. The fourth-order valence-corrected chi connectivity index (χ4v) is 1.95. The zero-order valence-electron chi connectivity index (χ0n) is 11.1. The Labute approximate surface area is 122 Å². The van der Waals surface area contributed by atoms with E-state index in [0.717, 1.165) is 11.1 Å². The maximum Gasteiger partial charge on any atom is 0.232 e. The predicted octanol–water partition coefficient (Wildman–Crippen LogP) is 3.75. The van der Waals surface area contributed by atoms with Crippen LogP contribution in [0.5, 0.6) is 11.6 Å². The van der Waals surface area contributed by atoms with E-state index < -0.39 is 0 Å². The third-order valence-electron chi connectivity index (χ3n) is 3.01. The molecular formula is C17H12N2O2. The molecule has 102 valence electrons. The average Bonchev–Trinajstić information content (AvgIpc) is 2.57. The second-order valence-electron chi connectivity index (χ2n) is 4.39. The number of carbonyl (C=O) groups is 1. The monoisotopic (exact) mass is 276 g/mol. The molecule has 0 atom stereocenters. The largest absolute Gasteiger partial charge is 0.438 e. The van der Waals surface area contributed by atoms with Crippen LogP contribution >= 0.6 is 0 Å². The molecule has 0 aliphatic rings. The van der Waals surface area contributed by atoms with Crippen molar-refractivity contribution >= 4 is 6.29 Å². The van der Waals surface area contributed by atoms with E-state index in [1.807, 2.05) is 54.6 Å². The van der Waals surface area contributed by atoms with Crippen molar-refractivity contribution in [2.45, 2.75) is 0 Å². The van der Waals surface area contributed by atoms with Gasteiger partial charge in [0.05, 0.1) is 5.56 Å². The normalized spacial score (nSPS) is 10.1. The number of rotatable bonds is 4. The van der Waals surface area contributed by atoms with Gasteiger partial charge in [0.15, 0.2) is 6.29 Å². The average molecular weight is 276 g/mol. The van der Waals surface area contributed by atoms with Crippen molar-refractivity contribution in [3.63, 3.8) is 0 Å². The van der Waals surface area contributed by atoms with Crippen LogP contribution in [0.2, 0.25) is 0 Å². The molecular weight excluding hydrogens is 264 g/mol. The minimum atomic E-state index is 0.257. The Kier molecular flexibility index (Phi) is 3.69. The highest BCUT2D eigenvalue weighted by Gasteiger charge is 2.06. The summed E-state index contributed by atoms with van der Waals surface area (Å²) in [6.45, 7) is 0. The number of ether oxygens (including phenoxy) is 1. The van der Waals surface area contributed by atoms with Gasteiger partial charge in [-0.05, 0) is 23.3 Å². The van der Waals surface area contributed by atoms with E-state index in [2.05, 4.69) is 9.97 Å². The van der Waals surface area contributed by atoms with Crippen LogP contribution in [0.25, 0.3) is 11.1 Å². The van der Waals surface area contributed by atoms with Crippen molar-refractivity contribution in [3.8, 4) is 22.8 Å². The van der Waals surface area contributed by atoms with Crippen molar-refractivity contribution < 1.29 is 9.53 Å². The molecule has 1 heterocycles. The Bertz CT molecular complexity index is 740. The highest BCUT2D eigenvalue weighted by atomic mass is 16.5. The fourth-order valence-electron chi connectivity index (χ4n) is 1.95. The van der Waals surface area contributed by atoms with Crippen LogP contribution < -0.4 is 4.74 Å². The molecule has 0 saturated carbocycles. The lowest BCUT2D eigenvalue weighted by Crippen LogP contribution is -1.94. The number of nitrogens with zero attached hydrogens (tertiary/aromatic N) is 2. The maximum absolute atomic E-state index is 10.9. The SMILES string of the molecule is O=Cc1cncnc1Oc1ccc(-c2ccccc2)cc1. The molecule has 3 rings (SSSR count). The molecule has 1 aromatic heterocycles.